The van der Waals surface area contributed by atoms with Crippen LogP contribution in [0.3, 0.4) is 0 Å². The summed E-state index contributed by atoms with van der Waals surface area (Å²) in [5, 5.41) is 8.95. The van der Waals surface area contributed by atoms with Crippen molar-refractivity contribution in [3.63, 3.8) is 0 Å². The number of hydroxylamine groups is 1. The van der Waals surface area contributed by atoms with Gasteiger partial charge in [0.1, 0.15) is 5.82 Å². The van der Waals surface area contributed by atoms with Crippen molar-refractivity contribution in [2.75, 3.05) is 52.0 Å². The average molecular weight is 577 g/mol. The summed E-state index contributed by atoms with van der Waals surface area (Å²) in [6.45, 7) is 6.80. The van der Waals surface area contributed by atoms with Crippen LogP contribution in [0.1, 0.15) is 37.5 Å². The first-order valence-electron chi connectivity index (χ1n) is 13.9. The number of aromatic nitrogens is 5. The van der Waals surface area contributed by atoms with E-state index >= 15 is 0 Å². The minimum atomic E-state index is -0.714. The fourth-order valence-electron chi connectivity index (χ4n) is 5.30. The number of hydrogen-bond donors (Lipinski definition) is 2. The lowest BCUT2D eigenvalue weighted by molar-refractivity contribution is -0.124. The number of rotatable bonds is 11. The van der Waals surface area contributed by atoms with E-state index in [2.05, 4.69) is 31.2 Å². The average Bonchev–Trinajstić information content (AvgIpc) is 3.68. The molecule has 5 rings (SSSR count). The fraction of sp³-hybridized carbons (Fsp3) is 0.464. The van der Waals surface area contributed by atoms with Gasteiger partial charge in [-0.3, -0.25) is 24.9 Å². The predicted molar refractivity (Wildman–Crippen MR) is 158 cm³/mol. The lowest BCUT2D eigenvalue weighted by Gasteiger charge is -2.28. The second-order valence-corrected chi connectivity index (χ2v) is 10.2. The van der Waals surface area contributed by atoms with Crippen LogP contribution in [0.4, 0.5) is 5.82 Å². The van der Waals surface area contributed by atoms with Gasteiger partial charge in [0.05, 0.1) is 39.1 Å². The van der Waals surface area contributed by atoms with Crippen molar-refractivity contribution in [3.8, 4) is 17.3 Å². The highest BCUT2D eigenvalue weighted by Gasteiger charge is 2.28. The van der Waals surface area contributed by atoms with Gasteiger partial charge in [0.25, 0.3) is 5.91 Å². The molecular weight excluding hydrogens is 540 g/mol. The third-order valence-corrected chi connectivity index (χ3v) is 7.36. The van der Waals surface area contributed by atoms with E-state index < -0.39 is 5.91 Å². The number of pyridine rings is 1. The minimum Gasteiger partial charge on any atom is -0.481 e. The maximum absolute atomic E-state index is 11.8. The van der Waals surface area contributed by atoms with Gasteiger partial charge >= 0.3 is 0 Å². The summed E-state index contributed by atoms with van der Waals surface area (Å²) in [5.41, 5.74) is 4.04. The fourth-order valence-corrected chi connectivity index (χ4v) is 5.30. The number of anilines is 1. The molecule has 1 aliphatic heterocycles. The Labute approximate surface area is 243 Å². The zero-order valence-electron chi connectivity index (χ0n) is 23.9. The van der Waals surface area contributed by atoms with Gasteiger partial charge in [-0.25, -0.2) is 25.4 Å². The van der Waals surface area contributed by atoms with Crippen molar-refractivity contribution >= 4 is 35.8 Å². The van der Waals surface area contributed by atoms with Crippen molar-refractivity contribution in [2.45, 2.75) is 38.3 Å². The molecule has 42 heavy (non-hydrogen) atoms. The Hall–Kier alpha value is -4.27. The molecule has 0 aromatic carbocycles. The zero-order valence-corrected chi connectivity index (χ0v) is 23.9. The van der Waals surface area contributed by atoms with E-state index in [0.29, 0.717) is 44.6 Å². The number of carbonyl (C=O) groups is 1. The molecule has 1 aliphatic carbocycles. The second-order valence-electron chi connectivity index (χ2n) is 10.2. The number of morpholine rings is 1. The molecule has 222 valence electrons. The van der Waals surface area contributed by atoms with E-state index in [9.17, 15) is 4.79 Å². The Bertz CT molecular complexity index is 1460. The molecule has 0 spiro atoms. The third kappa shape index (κ3) is 6.45. The highest BCUT2D eigenvalue weighted by molar-refractivity contribution is 6.11. The molecule has 14 heteroatoms. The van der Waals surface area contributed by atoms with Gasteiger partial charge in [0.15, 0.2) is 22.8 Å². The maximum Gasteiger partial charge on any atom is 0.277 e. The number of carbonyl (C=O) groups excluding carboxylic acids is 1. The van der Waals surface area contributed by atoms with Gasteiger partial charge in [-0.1, -0.05) is 12.8 Å². The SMILES string of the molecule is C=N/C=C(\C=N/CN(C)Cc1nc2c(N3CCOCC3)nc(-c3ccc(OC)nc3)nc2n1C1CCCC1)C(=O)NO. The maximum atomic E-state index is 11.8. The van der Waals surface area contributed by atoms with E-state index in [1.54, 1.807) is 18.8 Å². The van der Waals surface area contributed by atoms with Crippen molar-refractivity contribution < 1.29 is 19.5 Å². The molecule has 2 aliphatic rings. The number of amides is 1. The van der Waals surface area contributed by atoms with Crippen LogP contribution in [0.15, 0.2) is 40.1 Å². The molecule has 0 unspecified atom stereocenters. The summed E-state index contributed by atoms with van der Waals surface area (Å²) >= 11 is 0. The van der Waals surface area contributed by atoms with Crippen LogP contribution in [-0.2, 0) is 16.1 Å². The van der Waals surface area contributed by atoms with E-state index in [-0.39, 0.29) is 18.3 Å². The van der Waals surface area contributed by atoms with Crippen molar-refractivity contribution in [3.05, 3.63) is 35.9 Å². The number of nitrogens with zero attached hydrogens (tertiary/aromatic N) is 9. The van der Waals surface area contributed by atoms with Crippen LogP contribution in [-0.4, -0.2) is 101 Å². The number of aliphatic imine (C=N–C) groups is 2. The quantitative estimate of drug-likeness (QED) is 0.150. The first-order chi connectivity index (χ1) is 20.5. The third-order valence-electron chi connectivity index (χ3n) is 7.36. The number of ether oxygens (including phenoxy) is 2. The standard InChI is InChI=1S/C28H36N10O4/c1-29-14-20(28(39)35-40)15-30-18-36(2)17-22-32-24-26(37-10-12-42-13-11-37)33-25(19-8-9-23(41-3)31-16-19)34-27(24)38(22)21-6-4-5-7-21/h8-9,14-16,21,40H,1,4-7,10-13,17-18H2,2-3H3,(H,35,39)/b20-14+,30-15-. The Morgan fingerprint density at radius 1 is 1.26 bits per heavy atom. The summed E-state index contributed by atoms with van der Waals surface area (Å²) < 4.78 is 13.1. The van der Waals surface area contributed by atoms with Crippen LogP contribution in [0.5, 0.6) is 5.88 Å². The van der Waals surface area contributed by atoms with E-state index in [0.717, 1.165) is 54.1 Å². The van der Waals surface area contributed by atoms with Gasteiger partial charge in [-0.05, 0) is 32.7 Å². The Balaban J connectivity index is 1.54. The molecular formula is C28H36N10O4. The lowest BCUT2D eigenvalue weighted by Crippen LogP contribution is -2.37. The van der Waals surface area contributed by atoms with Gasteiger partial charge in [-0.15, -0.1) is 0 Å². The molecule has 2 N–H and O–H groups in total. The Kier molecular flexibility index (Phi) is 9.46. The molecule has 4 heterocycles. The molecule has 1 saturated heterocycles. The second kappa shape index (κ2) is 13.6. The largest absolute Gasteiger partial charge is 0.481 e. The molecule has 0 bridgehead atoms. The van der Waals surface area contributed by atoms with Crippen LogP contribution in [0, 0.1) is 0 Å². The van der Waals surface area contributed by atoms with Gasteiger partial charge < -0.3 is 18.9 Å². The number of nitrogens with one attached hydrogen (secondary N) is 1. The minimum absolute atomic E-state index is 0.0880. The Morgan fingerprint density at radius 2 is 2.05 bits per heavy atom. The van der Waals surface area contributed by atoms with Gasteiger partial charge in [-0.2, -0.15) is 0 Å². The molecule has 0 atom stereocenters. The molecule has 1 saturated carbocycles. The summed E-state index contributed by atoms with van der Waals surface area (Å²) in [6.07, 6.45) is 8.73. The lowest BCUT2D eigenvalue weighted by atomic mass is 10.2. The van der Waals surface area contributed by atoms with Crippen LogP contribution < -0.4 is 15.1 Å². The zero-order chi connectivity index (χ0) is 29.5. The van der Waals surface area contributed by atoms with Gasteiger partial charge in [0, 0.05) is 49.4 Å². The summed E-state index contributed by atoms with van der Waals surface area (Å²) in [4.78, 5) is 43.6. The first-order valence-corrected chi connectivity index (χ1v) is 13.9. The van der Waals surface area contributed by atoms with E-state index in [4.69, 9.17) is 29.6 Å². The Morgan fingerprint density at radius 3 is 2.71 bits per heavy atom. The topological polar surface area (TPSA) is 155 Å². The highest BCUT2D eigenvalue weighted by atomic mass is 16.5. The van der Waals surface area contributed by atoms with Crippen molar-refractivity contribution in [2.24, 2.45) is 9.98 Å². The number of fused-ring (bicyclic) bond motifs is 1. The summed E-state index contributed by atoms with van der Waals surface area (Å²) in [5.74, 6) is 2.06. The molecule has 3 aromatic heterocycles. The van der Waals surface area contributed by atoms with Crippen LogP contribution >= 0.6 is 0 Å². The molecule has 0 radical (unpaired) electrons. The molecule has 3 aromatic rings. The van der Waals surface area contributed by atoms with Crippen molar-refractivity contribution in [1.82, 2.24) is 34.9 Å². The normalized spacial score (nSPS) is 16.6. The monoisotopic (exact) mass is 576 g/mol. The number of imidazole rings is 1. The van der Waals surface area contributed by atoms with E-state index in [1.807, 2.05) is 24.1 Å². The van der Waals surface area contributed by atoms with Crippen molar-refractivity contribution in [1.29, 1.82) is 0 Å². The molecule has 1 amide bonds. The summed E-state index contributed by atoms with van der Waals surface area (Å²) in [7, 11) is 3.52. The highest BCUT2D eigenvalue weighted by Crippen LogP contribution is 2.36. The number of hydrogen-bond acceptors (Lipinski definition) is 12. The van der Waals surface area contributed by atoms with Crippen LogP contribution in [0.25, 0.3) is 22.6 Å². The molecule has 14 nitrogen and oxygen atoms in total. The first kappa shape index (κ1) is 29.2. The predicted octanol–water partition coefficient (Wildman–Crippen LogP) is 2.40. The van der Waals surface area contributed by atoms with Gasteiger partial charge in [0.2, 0.25) is 5.88 Å². The molecule has 2 fully saturated rings. The van der Waals surface area contributed by atoms with E-state index in [1.165, 1.54) is 12.4 Å². The van der Waals surface area contributed by atoms with Crippen LogP contribution in [0.2, 0.25) is 0 Å². The summed E-state index contributed by atoms with van der Waals surface area (Å²) in [6, 6.07) is 4.00. The number of methoxy groups -OCH3 is 1. The smallest absolute Gasteiger partial charge is 0.277 e.